The Morgan fingerprint density at radius 1 is 1.58 bits per heavy atom. The zero-order valence-electron chi connectivity index (χ0n) is 6.64. The van der Waals surface area contributed by atoms with Gasteiger partial charge in [0.05, 0.1) is 19.5 Å². The Balaban J connectivity index is 2.11. The van der Waals surface area contributed by atoms with E-state index in [4.69, 9.17) is 19.4 Å². The summed E-state index contributed by atoms with van der Waals surface area (Å²) in [6.45, 7) is 0.166. The molecule has 1 atom stereocenters. The molecule has 0 amide bonds. The summed E-state index contributed by atoms with van der Waals surface area (Å²) in [5.41, 5.74) is 0. The molecule has 68 valence electrons. The second-order valence-corrected chi connectivity index (χ2v) is 2.43. The van der Waals surface area contributed by atoms with Crippen molar-refractivity contribution in [1.29, 1.82) is 0 Å². The maximum atomic E-state index is 8.88. The quantitative estimate of drug-likeness (QED) is 0.663. The number of furan rings is 1. The Morgan fingerprint density at radius 3 is 3.00 bits per heavy atom. The van der Waals surface area contributed by atoms with Crippen molar-refractivity contribution in [3.63, 3.8) is 0 Å². The van der Waals surface area contributed by atoms with Gasteiger partial charge in [-0.05, 0) is 12.1 Å². The lowest BCUT2D eigenvalue weighted by atomic mass is 10.4. The molecule has 0 unspecified atom stereocenters. The summed E-state index contributed by atoms with van der Waals surface area (Å²) in [4.78, 5) is 0. The second kappa shape index (κ2) is 4.92. The molecule has 4 nitrogen and oxygen atoms in total. The molecule has 2 N–H and O–H groups in total. The van der Waals surface area contributed by atoms with Crippen LogP contribution in [0.15, 0.2) is 22.8 Å². The molecule has 0 saturated heterocycles. The molecule has 0 aliphatic rings. The molecule has 0 saturated carbocycles. The van der Waals surface area contributed by atoms with E-state index in [-0.39, 0.29) is 13.2 Å². The molecule has 1 aromatic heterocycles. The number of aliphatic hydroxyl groups is 2. The van der Waals surface area contributed by atoms with Crippen LogP contribution in [0, 0.1) is 0 Å². The van der Waals surface area contributed by atoms with Crippen molar-refractivity contribution in [2.24, 2.45) is 0 Å². The fourth-order valence-corrected chi connectivity index (χ4v) is 0.743. The summed E-state index contributed by atoms with van der Waals surface area (Å²) < 4.78 is 10.0. The van der Waals surface area contributed by atoms with Crippen LogP contribution in [0.1, 0.15) is 5.76 Å². The third kappa shape index (κ3) is 3.04. The van der Waals surface area contributed by atoms with E-state index in [9.17, 15) is 0 Å². The lowest BCUT2D eigenvalue weighted by Gasteiger charge is -2.06. The average Bonchev–Trinajstić information content (AvgIpc) is 2.57. The summed E-state index contributed by atoms with van der Waals surface area (Å²) >= 11 is 0. The molecule has 0 spiro atoms. The number of hydrogen-bond donors (Lipinski definition) is 2. The molecule has 4 heteroatoms. The van der Waals surface area contributed by atoms with Crippen LogP contribution in [-0.2, 0) is 11.3 Å². The molecule has 1 rings (SSSR count). The van der Waals surface area contributed by atoms with E-state index in [1.54, 1.807) is 18.4 Å². The molecule has 0 radical (unpaired) electrons. The summed E-state index contributed by atoms with van der Waals surface area (Å²) in [5, 5.41) is 17.3. The highest BCUT2D eigenvalue weighted by Gasteiger charge is 2.02. The van der Waals surface area contributed by atoms with E-state index in [0.29, 0.717) is 12.4 Å². The summed E-state index contributed by atoms with van der Waals surface area (Å²) in [7, 11) is 0. The van der Waals surface area contributed by atoms with Crippen molar-refractivity contribution in [2.75, 3.05) is 13.2 Å². The average molecular weight is 172 g/mol. The van der Waals surface area contributed by atoms with Crippen LogP contribution in [0.2, 0.25) is 0 Å². The monoisotopic (exact) mass is 172 g/mol. The third-order valence-electron chi connectivity index (χ3n) is 1.35. The lowest BCUT2D eigenvalue weighted by molar-refractivity contribution is -0.00428. The van der Waals surface area contributed by atoms with Crippen LogP contribution in [-0.4, -0.2) is 29.5 Å². The highest BCUT2D eigenvalue weighted by Crippen LogP contribution is 2.01. The van der Waals surface area contributed by atoms with Crippen molar-refractivity contribution in [3.8, 4) is 0 Å². The van der Waals surface area contributed by atoms with Gasteiger partial charge in [0.2, 0.25) is 0 Å². The van der Waals surface area contributed by atoms with E-state index < -0.39 is 6.10 Å². The SMILES string of the molecule is OC[C@H](O)COCc1ccco1. The summed E-state index contributed by atoms with van der Waals surface area (Å²) in [6, 6.07) is 3.55. The van der Waals surface area contributed by atoms with Gasteiger partial charge in [0.25, 0.3) is 0 Å². The topological polar surface area (TPSA) is 62.8 Å². The van der Waals surface area contributed by atoms with Gasteiger partial charge in [0.15, 0.2) is 0 Å². The van der Waals surface area contributed by atoms with Crippen LogP contribution >= 0.6 is 0 Å². The maximum Gasteiger partial charge on any atom is 0.129 e. The number of aliphatic hydroxyl groups excluding tert-OH is 2. The van der Waals surface area contributed by atoms with E-state index >= 15 is 0 Å². The first-order valence-corrected chi connectivity index (χ1v) is 3.72. The van der Waals surface area contributed by atoms with Crippen LogP contribution in [0.5, 0.6) is 0 Å². The standard InChI is InChI=1S/C8H12O4/c9-4-7(10)5-11-6-8-2-1-3-12-8/h1-3,7,9-10H,4-6H2/t7-/m0/s1. The highest BCUT2D eigenvalue weighted by atomic mass is 16.5. The van der Waals surface area contributed by atoms with Crippen molar-refractivity contribution < 1.29 is 19.4 Å². The van der Waals surface area contributed by atoms with Gasteiger partial charge in [-0.3, -0.25) is 0 Å². The van der Waals surface area contributed by atoms with E-state index in [1.165, 1.54) is 0 Å². The molecule has 0 bridgehead atoms. The predicted octanol–water partition coefficient (Wildman–Crippen LogP) is 0.149. The van der Waals surface area contributed by atoms with Crippen LogP contribution in [0.4, 0.5) is 0 Å². The van der Waals surface area contributed by atoms with Crippen molar-refractivity contribution in [1.82, 2.24) is 0 Å². The zero-order chi connectivity index (χ0) is 8.81. The lowest BCUT2D eigenvalue weighted by Crippen LogP contribution is -2.19. The van der Waals surface area contributed by atoms with E-state index in [2.05, 4.69) is 0 Å². The second-order valence-electron chi connectivity index (χ2n) is 2.43. The molecule has 1 heterocycles. The smallest absolute Gasteiger partial charge is 0.129 e. The number of ether oxygens (including phenoxy) is 1. The highest BCUT2D eigenvalue weighted by molar-refractivity contribution is 4.95. The van der Waals surface area contributed by atoms with Crippen LogP contribution < -0.4 is 0 Å². The van der Waals surface area contributed by atoms with Gasteiger partial charge in [-0.1, -0.05) is 0 Å². The maximum absolute atomic E-state index is 8.88. The molecule has 0 aromatic carbocycles. The van der Waals surface area contributed by atoms with Gasteiger partial charge < -0.3 is 19.4 Å². The third-order valence-corrected chi connectivity index (χ3v) is 1.35. The van der Waals surface area contributed by atoms with Gasteiger partial charge in [-0.15, -0.1) is 0 Å². The van der Waals surface area contributed by atoms with Crippen LogP contribution in [0.25, 0.3) is 0 Å². The molecule has 12 heavy (non-hydrogen) atoms. The first-order valence-electron chi connectivity index (χ1n) is 3.72. The largest absolute Gasteiger partial charge is 0.467 e. The van der Waals surface area contributed by atoms with Crippen molar-refractivity contribution in [2.45, 2.75) is 12.7 Å². The molecular weight excluding hydrogens is 160 g/mol. The van der Waals surface area contributed by atoms with Gasteiger partial charge in [0.1, 0.15) is 18.5 Å². The first-order chi connectivity index (χ1) is 5.83. The van der Waals surface area contributed by atoms with E-state index in [1.807, 2.05) is 0 Å². The van der Waals surface area contributed by atoms with Crippen molar-refractivity contribution in [3.05, 3.63) is 24.2 Å². The fourth-order valence-electron chi connectivity index (χ4n) is 0.743. The minimum Gasteiger partial charge on any atom is -0.467 e. The Kier molecular flexibility index (Phi) is 3.79. The molecule has 0 fully saturated rings. The van der Waals surface area contributed by atoms with Gasteiger partial charge in [-0.2, -0.15) is 0 Å². The van der Waals surface area contributed by atoms with Crippen molar-refractivity contribution >= 4 is 0 Å². The molecular formula is C8H12O4. The summed E-state index contributed by atoms with van der Waals surface area (Å²) in [5.74, 6) is 0.708. The fraction of sp³-hybridized carbons (Fsp3) is 0.500. The minimum absolute atomic E-state index is 0.122. The zero-order valence-corrected chi connectivity index (χ0v) is 6.64. The Labute approximate surface area is 70.4 Å². The first kappa shape index (κ1) is 9.25. The van der Waals surface area contributed by atoms with Gasteiger partial charge in [-0.25, -0.2) is 0 Å². The Morgan fingerprint density at radius 2 is 2.42 bits per heavy atom. The minimum atomic E-state index is -0.806. The molecule has 0 aliphatic carbocycles. The van der Waals surface area contributed by atoms with E-state index in [0.717, 1.165) is 0 Å². The number of rotatable bonds is 5. The predicted molar refractivity (Wildman–Crippen MR) is 41.5 cm³/mol. The summed E-state index contributed by atoms with van der Waals surface area (Å²) in [6.07, 6.45) is 0.751. The van der Waals surface area contributed by atoms with Gasteiger partial charge >= 0.3 is 0 Å². The molecule has 0 aliphatic heterocycles. The Bertz CT molecular complexity index is 195. The van der Waals surface area contributed by atoms with Gasteiger partial charge in [0, 0.05) is 0 Å². The van der Waals surface area contributed by atoms with Crippen LogP contribution in [0.3, 0.4) is 0 Å². The number of hydrogen-bond acceptors (Lipinski definition) is 4. The normalized spacial score (nSPS) is 13.2. The molecule has 1 aromatic rings. The Hall–Kier alpha value is -0.840.